The van der Waals surface area contributed by atoms with Gasteiger partial charge in [-0.15, -0.1) is 6.42 Å². The zero-order valence-electron chi connectivity index (χ0n) is 10.3. The minimum Gasteiger partial charge on any atom is -0.319 e. The molecule has 1 saturated heterocycles. The van der Waals surface area contributed by atoms with E-state index in [0.717, 1.165) is 4.90 Å². The van der Waals surface area contributed by atoms with Crippen LogP contribution in [0.15, 0.2) is 12.4 Å². The highest BCUT2D eigenvalue weighted by atomic mass is 16.2. The second kappa shape index (κ2) is 4.18. The number of imide groups is 1. The van der Waals surface area contributed by atoms with Crippen molar-refractivity contribution in [2.45, 2.75) is 18.9 Å². The second-order valence-electron chi connectivity index (χ2n) is 4.19. The highest BCUT2D eigenvalue weighted by Gasteiger charge is 2.51. The van der Waals surface area contributed by atoms with Crippen molar-refractivity contribution in [1.82, 2.24) is 20.0 Å². The van der Waals surface area contributed by atoms with E-state index in [1.165, 1.54) is 0 Å². The number of nitrogens with one attached hydrogen (secondary N) is 1. The third-order valence-corrected chi connectivity index (χ3v) is 3.15. The summed E-state index contributed by atoms with van der Waals surface area (Å²) < 4.78 is 1.59. The number of aromatic nitrogens is 2. The molecule has 3 amide bonds. The van der Waals surface area contributed by atoms with Gasteiger partial charge < -0.3 is 5.32 Å². The molecule has 2 rings (SSSR count). The summed E-state index contributed by atoms with van der Waals surface area (Å²) in [6.45, 7) is 1.82. The Kier molecular flexibility index (Phi) is 2.83. The first-order chi connectivity index (χ1) is 8.55. The maximum atomic E-state index is 12.4. The number of urea groups is 1. The summed E-state index contributed by atoms with van der Waals surface area (Å²) in [6, 6.07) is -0.455. The molecule has 0 spiro atoms. The van der Waals surface area contributed by atoms with E-state index in [2.05, 4.69) is 16.3 Å². The van der Waals surface area contributed by atoms with Crippen LogP contribution >= 0.6 is 0 Å². The summed E-state index contributed by atoms with van der Waals surface area (Å²) in [7, 11) is 1.76. The number of amides is 3. The summed E-state index contributed by atoms with van der Waals surface area (Å²) >= 11 is 0. The molecule has 0 aromatic carbocycles. The van der Waals surface area contributed by atoms with Gasteiger partial charge >= 0.3 is 6.03 Å². The fraction of sp³-hybridized carbons (Fsp3) is 0.417. The van der Waals surface area contributed by atoms with Gasteiger partial charge in [0.1, 0.15) is 5.54 Å². The van der Waals surface area contributed by atoms with Crippen LogP contribution in [0.2, 0.25) is 0 Å². The monoisotopic (exact) mass is 246 g/mol. The molecule has 6 nitrogen and oxygen atoms in total. The number of nitrogens with zero attached hydrogens (tertiary/aromatic N) is 3. The molecule has 6 heteroatoms. The van der Waals surface area contributed by atoms with Crippen molar-refractivity contribution in [2.75, 3.05) is 6.54 Å². The lowest BCUT2D eigenvalue weighted by Gasteiger charge is -2.23. The fourth-order valence-corrected chi connectivity index (χ4v) is 2.14. The average Bonchev–Trinajstić information content (AvgIpc) is 2.87. The average molecular weight is 246 g/mol. The topological polar surface area (TPSA) is 67.2 Å². The fourth-order valence-electron chi connectivity index (χ4n) is 2.14. The molecule has 18 heavy (non-hydrogen) atoms. The molecule has 1 aromatic heterocycles. The number of carbonyl (C=O) groups is 2. The van der Waals surface area contributed by atoms with Gasteiger partial charge in [0.15, 0.2) is 0 Å². The highest BCUT2D eigenvalue weighted by molar-refractivity contribution is 6.07. The van der Waals surface area contributed by atoms with E-state index in [1.807, 2.05) is 6.92 Å². The van der Waals surface area contributed by atoms with Crippen LogP contribution in [0.3, 0.4) is 0 Å². The Morgan fingerprint density at radius 3 is 2.78 bits per heavy atom. The molecular formula is C12H14N4O2. The van der Waals surface area contributed by atoms with Crippen LogP contribution in [0.4, 0.5) is 4.79 Å². The predicted molar refractivity (Wildman–Crippen MR) is 64.3 cm³/mol. The van der Waals surface area contributed by atoms with Gasteiger partial charge in [-0.05, 0) is 6.42 Å². The molecule has 1 N–H and O–H groups in total. The molecule has 1 aromatic rings. The molecule has 1 aliphatic heterocycles. The van der Waals surface area contributed by atoms with Crippen molar-refractivity contribution in [1.29, 1.82) is 0 Å². The lowest BCUT2D eigenvalue weighted by atomic mass is 9.89. The van der Waals surface area contributed by atoms with Gasteiger partial charge in [0.25, 0.3) is 5.91 Å². The predicted octanol–water partition coefficient (Wildman–Crippen LogP) is 0.210. The van der Waals surface area contributed by atoms with Crippen LogP contribution in [0, 0.1) is 12.3 Å². The Bertz CT molecular complexity index is 543. The number of carbonyl (C=O) groups excluding carboxylic acids is 2. The van der Waals surface area contributed by atoms with Crippen LogP contribution in [0.1, 0.15) is 18.9 Å². The number of rotatable bonds is 3. The van der Waals surface area contributed by atoms with Gasteiger partial charge in [-0.25, -0.2) is 4.79 Å². The first kappa shape index (κ1) is 12.2. The van der Waals surface area contributed by atoms with Crippen LogP contribution in [0.25, 0.3) is 0 Å². The maximum absolute atomic E-state index is 12.4. The summed E-state index contributed by atoms with van der Waals surface area (Å²) in [5.74, 6) is 1.99. The van der Waals surface area contributed by atoms with Crippen molar-refractivity contribution >= 4 is 11.9 Å². The molecule has 1 atom stereocenters. The standard InChI is InChI=1S/C12H14N4O2/c1-4-6-16-10(17)12(5-2,14-11(16)18)9-7-13-15(3)8-9/h1,7-8H,5-6H2,2-3H3,(H,14,18)/t12-/m0/s1. The third kappa shape index (κ3) is 1.56. The molecule has 0 unspecified atom stereocenters. The first-order valence-electron chi connectivity index (χ1n) is 5.62. The normalized spacial score (nSPS) is 23.1. The number of hydrogen-bond acceptors (Lipinski definition) is 3. The van der Waals surface area contributed by atoms with Crippen LogP contribution < -0.4 is 5.32 Å². The number of terminal acetylenes is 1. The molecule has 0 radical (unpaired) electrons. The van der Waals surface area contributed by atoms with E-state index in [-0.39, 0.29) is 12.5 Å². The van der Waals surface area contributed by atoms with Crippen molar-refractivity contribution in [3.8, 4) is 12.3 Å². The van der Waals surface area contributed by atoms with Gasteiger partial charge in [0.2, 0.25) is 0 Å². The van der Waals surface area contributed by atoms with Crippen molar-refractivity contribution in [3.63, 3.8) is 0 Å². The Morgan fingerprint density at radius 1 is 1.56 bits per heavy atom. The van der Waals surface area contributed by atoms with Crippen molar-refractivity contribution in [2.24, 2.45) is 7.05 Å². The Morgan fingerprint density at radius 2 is 2.28 bits per heavy atom. The minimum atomic E-state index is -1.04. The number of aryl methyl sites for hydroxylation is 1. The Balaban J connectivity index is 2.44. The van der Waals surface area contributed by atoms with Gasteiger partial charge in [0, 0.05) is 18.8 Å². The molecule has 2 heterocycles. The SMILES string of the molecule is C#CCN1C(=O)N[C@@](CC)(c2cnn(C)c2)C1=O. The maximum Gasteiger partial charge on any atom is 0.326 e. The van der Waals surface area contributed by atoms with Gasteiger partial charge in [-0.2, -0.15) is 5.10 Å². The lowest BCUT2D eigenvalue weighted by Crippen LogP contribution is -2.43. The van der Waals surface area contributed by atoms with E-state index in [0.29, 0.717) is 12.0 Å². The lowest BCUT2D eigenvalue weighted by molar-refractivity contribution is -0.131. The van der Waals surface area contributed by atoms with Crippen molar-refractivity contribution in [3.05, 3.63) is 18.0 Å². The smallest absolute Gasteiger partial charge is 0.319 e. The van der Waals surface area contributed by atoms with Crippen molar-refractivity contribution < 1.29 is 9.59 Å². The van der Waals surface area contributed by atoms with E-state index in [9.17, 15) is 9.59 Å². The molecule has 0 saturated carbocycles. The zero-order valence-corrected chi connectivity index (χ0v) is 10.3. The highest BCUT2D eigenvalue weighted by Crippen LogP contribution is 2.31. The van der Waals surface area contributed by atoms with E-state index < -0.39 is 11.6 Å². The van der Waals surface area contributed by atoms with Crippen LogP contribution in [-0.4, -0.2) is 33.2 Å². The van der Waals surface area contributed by atoms with E-state index in [1.54, 1.807) is 24.1 Å². The third-order valence-electron chi connectivity index (χ3n) is 3.15. The Labute approximate surface area is 105 Å². The second-order valence-corrected chi connectivity index (χ2v) is 4.19. The molecular weight excluding hydrogens is 232 g/mol. The largest absolute Gasteiger partial charge is 0.326 e. The number of hydrogen-bond donors (Lipinski definition) is 1. The van der Waals surface area contributed by atoms with Crippen LogP contribution in [0.5, 0.6) is 0 Å². The van der Waals surface area contributed by atoms with Gasteiger partial charge in [-0.1, -0.05) is 12.8 Å². The van der Waals surface area contributed by atoms with Gasteiger partial charge in [0.05, 0.1) is 12.7 Å². The van der Waals surface area contributed by atoms with E-state index in [4.69, 9.17) is 6.42 Å². The minimum absolute atomic E-state index is 0.0212. The molecule has 94 valence electrons. The molecule has 0 aliphatic carbocycles. The summed E-state index contributed by atoms with van der Waals surface area (Å²) in [5.41, 5.74) is -0.368. The Hall–Kier alpha value is -2.29. The van der Waals surface area contributed by atoms with Crippen LogP contribution in [-0.2, 0) is 17.4 Å². The molecule has 0 bridgehead atoms. The summed E-state index contributed by atoms with van der Waals surface area (Å²) in [5, 5.41) is 6.76. The first-order valence-corrected chi connectivity index (χ1v) is 5.62. The quantitative estimate of drug-likeness (QED) is 0.612. The summed E-state index contributed by atoms with van der Waals surface area (Å²) in [4.78, 5) is 25.2. The zero-order chi connectivity index (χ0) is 13.3. The molecule has 1 aliphatic rings. The molecule has 1 fully saturated rings. The summed E-state index contributed by atoms with van der Waals surface area (Å²) in [6.07, 6.45) is 8.92. The van der Waals surface area contributed by atoms with Gasteiger partial charge in [-0.3, -0.25) is 14.4 Å². The van der Waals surface area contributed by atoms with E-state index >= 15 is 0 Å².